The Balaban J connectivity index is 1.41. The van der Waals surface area contributed by atoms with Gasteiger partial charge in [0.25, 0.3) is 0 Å². The van der Waals surface area contributed by atoms with Crippen molar-refractivity contribution >= 4 is 32.4 Å². The zero-order chi connectivity index (χ0) is 28.2. The van der Waals surface area contributed by atoms with E-state index in [1.807, 2.05) is 6.07 Å². The highest BCUT2D eigenvalue weighted by molar-refractivity contribution is 7.92. The Labute approximate surface area is 229 Å². The van der Waals surface area contributed by atoms with Gasteiger partial charge in [-0.1, -0.05) is 24.3 Å². The molecule has 0 aliphatic carbocycles. The van der Waals surface area contributed by atoms with Gasteiger partial charge in [0.1, 0.15) is 5.75 Å². The average molecular weight is 573 g/mol. The minimum Gasteiger partial charge on any atom is -0.438 e. The number of halogens is 3. The normalized spacial score (nSPS) is 16.0. The van der Waals surface area contributed by atoms with Gasteiger partial charge in [-0.05, 0) is 49.7 Å². The van der Waals surface area contributed by atoms with Crippen molar-refractivity contribution < 1.29 is 26.3 Å². The van der Waals surface area contributed by atoms with Gasteiger partial charge in [-0.2, -0.15) is 13.2 Å². The first-order valence-electron chi connectivity index (χ1n) is 12.7. The summed E-state index contributed by atoms with van der Waals surface area (Å²) in [6.07, 6.45) is -0.696. The molecule has 1 atom stereocenters. The molecule has 210 valence electrons. The number of alkyl halides is 3. The van der Waals surface area contributed by atoms with Crippen LogP contribution in [0.5, 0.6) is 11.6 Å². The minimum absolute atomic E-state index is 0.148. The van der Waals surface area contributed by atoms with Crippen LogP contribution in [-0.4, -0.2) is 54.4 Å². The lowest BCUT2D eigenvalue weighted by atomic mass is 10.1. The predicted octanol–water partition coefficient (Wildman–Crippen LogP) is 5.34. The first-order chi connectivity index (χ1) is 19.2. The maximum atomic E-state index is 12.6. The quantitative estimate of drug-likeness (QED) is 0.246. The third-order valence-electron chi connectivity index (χ3n) is 6.34. The van der Waals surface area contributed by atoms with Crippen LogP contribution in [0.1, 0.15) is 19.3 Å². The molecule has 9 nitrogen and oxygen atoms in total. The molecule has 1 fully saturated rings. The van der Waals surface area contributed by atoms with Crippen LogP contribution in [0.15, 0.2) is 67.0 Å². The van der Waals surface area contributed by atoms with E-state index >= 15 is 0 Å². The third kappa shape index (κ3) is 6.96. The molecule has 0 bridgehead atoms. The maximum Gasteiger partial charge on any atom is 0.390 e. The monoisotopic (exact) mass is 572 g/mol. The lowest BCUT2D eigenvalue weighted by Gasteiger charge is -2.23. The molecule has 3 N–H and O–H groups in total. The SMILES string of the molecule is O=S(=O)(CCC(F)(F)F)Nc1ccc(Oc2ncccc2-c2ccnc(NC3CCCNC3)n2)c2ccccc12. The van der Waals surface area contributed by atoms with Gasteiger partial charge in [-0.15, -0.1) is 0 Å². The Morgan fingerprint density at radius 3 is 2.60 bits per heavy atom. The second kappa shape index (κ2) is 11.6. The van der Waals surface area contributed by atoms with Crippen LogP contribution in [-0.2, 0) is 10.0 Å². The molecule has 2 aromatic carbocycles. The van der Waals surface area contributed by atoms with Crippen molar-refractivity contribution in [2.75, 3.05) is 28.9 Å². The summed E-state index contributed by atoms with van der Waals surface area (Å²) in [4.78, 5) is 13.4. The number of nitrogens with zero attached hydrogens (tertiary/aromatic N) is 3. The van der Waals surface area contributed by atoms with Crippen molar-refractivity contribution in [1.29, 1.82) is 0 Å². The zero-order valence-electron chi connectivity index (χ0n) is 21.3. The molecule has 1 aliphatic heterocycles. The highest BCUT2D eigenvalue weighted by Gasteiger charge is 2.30. The van der Waals surface area contributed by atoms with E-state index in [1.54, 1.807) is 54.9 Å². The van der Waals surface area contributed by atoms with Crippen LogP contribution in [0, 0.1) is 0 Å². The van der Waals surface area contributed by atoms with E-state index in [0.717, 1.165) is 25.9 Å². The molecule has 5 rings (SSSR count). The van der Waals surface area contributed by atoms with E-state index in [2.05, 4.69) is 30.3 Å². The summed E-state index contributed by atoms with van der Waals surface area (Å²) in [5.74, 6) is 0.0752. The number of rotatable bonds is 9. The number of anilines is 2. The van der Waals surface area contributed by atoms with Gasteiger partial charge < -0.3 is 15.4 Å². The molecule has 2 aromatic heterocycles. The molecule has 0 saturated carbocycles. The lowest BCUT2D eigenvalue weighted by molar-refractivity contribution is -0.129. The van der Waals surface area contributed by atoms with Crippen LogP contribution in [0.4, 0.5) is 24.8 Å². The van der Waals surface area contributed by atoms with Crippen LogP contribution in [0.2, 0.25) is 0 Å². The Morgan fingerprint density at radius 1 is 1.00 bits per heavy atom. The van der Waals surface area contributed by atoms with E-state index in [9.17, 15) is 21.6 Å². The second-order valence-electron chi connectivity index (χ2n) is 9.35. The van der Waals surface area contributed by atoms with Crippen molar-refractivity contribution in [1.82, 2.24) is 20.3 Å². The predicted molar refractivity (Wildman–Crippen MR) is 147 cm³/mol. The number of hydrogen-bond acceptors (Lipinski definition) is 8. The topological polar surface area (TPSA) is 118 Å². The number of ether oxygens (including phenoxy) is 1. The third-order valence-corrected chi connectivity index (χ3v) is 7.62. The summed E-state index contributed by atoms with van der Waals surface area (Å²) in [5, 5.41) is 7.72. The van der Waals surface area contributed by atoms with Crippen molar-refractivity contribution in [2.45, 2.75) is 31.5 Å². The van der Waals surface area contributed by atoms with Crippen molar-refractivity contribution in [2.24, 2.45) is 0 Å². The van der Waals surface area contributed by atoms with E-state index in [0.29, 0.717) is 33.7 Å². The molecule has 3 heterocycles. The van der Waals surface area contributed by atoms with Gasteiger partial charge in [0.15, 0.2) is 0 Å². The Bertz CT molecular complexity index is 1590. The average Bonchev–Trinajstić information content (AvgIpc) is 2.94. The number of piperidine rings is 1. The fourth-order valence-corrected chi connectivity index (χ4v) is 5.54. The summed E-state index contributed by atoms with van der Waals surface area (Å²) in [5.41, 5.74) is 1.37. The highest BCUT2D eigenvalue weighted by atomic mass is 32.2. The minimum atomic E-state index is -4.58. The molecule has 4 aromatic rings. The molecular formula is C27H27F3N6O3S. The Morgan fingerprint density at radius 2 is 1.82 bits per heavy atom. The largest absolute Gasteiger partial charge is 0.438 e. The molecule has 0 spiro atoms. The molecular weight excluding hydrogens is 545 g/mol. The number of sulfonamides is 1. The summed E-state index contributed by atoms with van der Waals surface area (Å²) in [6, 6.07) is 15.4. The van der Waals surface area contributed by atoms with E-state index in [1.165, 1.54) is 6.07 Å². The summed E-state index contributed by atoms with van der Waals surface area (Å²) >= 11 is 0. The molecule has 0 radical (unpaired) electrons. The number of aromatic nitrogens is 3. The molecule has 0 amide bonds. The van der Waals surface area contributed by atoms with Gasteiger partial charge in [0, 0.05) is 35.8 Å². The Kier molecular flexibility index (Phi) is 8.03. The van der Waals surface area contributed by atoms with E-state index in [4.69, 9.17) is 4.74 Å². The molecule has 13 heteroatoms. The highest BCUT2D eigenvalue weighted by Crippen LogP contribution is 2.37. The smallest absolute Gasteiger partial charge is 0.390 e. The van der Waals surface area contributed by atoms with Gasteiger partial charge in [-0.25, -0.2) is 23.4 Å². The van der Waals surface area contributed by atoms with Crippen LogP contribution in [0.3, 0.4) is 0 Å². The van der Waals surface area contributed by atoms with Gasteiger partial charge >= 0.3 is 6.18 Å². The van der Waals surface area contributed by atoms with Crippen LogP contribution < -0.4 is 20.1 Å². The van der Waals surface area contributed by atoms with Crippen molar-refractivity contribution in [3.8, 4) is 22.9 Å². The van der Waals surface area contributed by atoms with Crippen LogP contribution >= 0.6 is 0 Å². The van der Waals surface area contributed by atoms with Gasteiger partial charge in [-0.3, -0.25) is 4.72 Å². The Hall–Kier alpha value is -3.97. The number of nitrogens with one attached hydrogen (secondary N) is 3. The summed E-state index contributed by atoms with van der Waals surface area (Å²) < 4.78 is 71.0. The molecule has 1 aliphatic rings. The van der Waals surface area contributed by atoms with Crippen molar-refractivity contribution in [3.05, 3.63) is 67.0 Å². The molecule has 1 unspecified atom stereocenters. The zero-order valence-corrected chi connectivity index (χ0v) is 22.1. The van der Waals surface area contributed by atoms with Gasteiger partial charge in [0.2, 0.25) is 21.9 Å². The summed E-state index contributed by atoms with van der Waals surface area (Å²) in [7, 11) is -4.24. The first-order valence-corrected chi connectivity index (χ1v) is 14.3. The first kappa shape index (κ1) is 27.6. The fraction of sp³-hybridized carbons (Fsp3) is 0.296. The maximum absolute atomic E-state index is 12.6. The molecule has 40 heavy (non-hydrogen) atoms. The summed E-state index contributed by atoms with van der Waals surface area (Å²) in [6.45, 7) is 1.82. The van der Waals surface area contributed by atoms with Crippen LogP contribution in [0.25, 0.3) is 22.0 Å². The number of benzene rings is 2. The molecule has 1 saturated heterocycles. The van der Waals surface area contributed by atoms with E-state index in [-0.39, 0.29) is 17.6 Å². The second-order valence-corrected chi connectivity index (χ2v) is 11.2. The number of fused-ring (bicyclic) bond motifs is 1. The van der Waals surface area contributed by atoms with E-state index < -0.39 is 28.4 Å². The fourth-order valence-electron chi connectivity index (χ4n) is 4.43. The number of pyridine rings is 1. The van der Waals surface area contributed by atoms with Gasteiger partial charge in [0.05, 0.1) is 29.1 Å². The standard InChI is InChI=1S/C27H27F3N6O3S/c28-27(29,30)12-16-40(37,38)36-23-9-10-24(20-7-2-1-6-19(20)23)39-25-21(8-4-14-32-25)22-11-15-33-26(35-22)34-18-5-3-13-31-17-18/h1-2,4,6-11,14-15,18,31,36H,3,5,12-13,16-17H2,(H,33,34,35). The lowest BCUT2D eigenvalue weighted by Crippen LogP contribution is -2.38. The number of hydrogen-bond donors (Lipinski definition) is 3. The van der Waals surface area contributed by atoms with Crippen molar-refractivity contribution in [3.63, 3.8) is 0 Å².